The minimum atomic E-state index is -2.20. The van der Waals surface area contributed by atoms with Gasteiger partial charge in [-0.3, -0.25) is 4.67 Å². The van der Waals surface area contributed by atoms with E-state index in [1.807, 2.05) is 4.67 Å². The number of nitrogens with zero attached hydrogens (tertiary/aromatic N) is 1. The predicted octanol–water partition coefficient (Wildman–Crippen LogP) is 3.81. The maximum absolute atomic E-state index is 5.87. The first-order valence-corrected chi connectivity index (χ1v) is 8.33. The SMILES string of the molecule is CCCN(CCC)P(=S)(Cl)Cl. The van der Waals surface area contributed by atoms with Gasteiger partial charge in [0.05, 0.1) is 0 Å². The summed E-state index contributed by atoms with van der Waals surface area (Å²) >= 11 is 16.8. The van der Waals surface area contributed by atoms with Gasteiger partial charge in [-0.2, -0.15) is 0 Å². The topological polar surface area (TPSA) is 3.24 Å². The largest absolute Gasteiger partial charge is 0.252 e. The van der Waals surface area contributed by atoms with E-state index in [1.165, 1.54) is 0 Å². The van der Waals surface area contributed by atoms with Crippen LogP contribution in [0.15, 0.2) is 0 Å². The fraction of sp³-hybridized carbons (Fsp3) is 1.00. The highest BCUT2D eigenvalue weighted by Crippen LogP contribution is 2.60. The van der Waals surface area contributed by atoms with Crippen LogP contribution in [0.25, 0.3) is 0 Å². The van der Waals surface area contributed by atoms with Gasteiger partial charge in [0.1, 0.15) is 0 Å². The molecule has 0 aliphatic rings. The van der Waals surface area contributed by atoms with E-state index in [4.69, 9.17) is 34.3 Å². The van der Waals surface area contributed by atoms with Gasteiger partial charge in [0.2, 0.25) is 0 Å². The first kappa shape index (κ1) is 12.2. The summed E-state index contributed by atoms with van der Waals surface area (Å²) in [7, 11) is 0. The summed E-state index contributed by atoms with van der Waals surface area (Å²) in [6.45, 7) is 6.03. The van der Waals surface area contributed by atoms with E-state index in [1.54, 1.807) is 0 Å². The summed E-state index contributed by atoms with van der Waals surface area (Å²) in [5, 5.41) is 0. The van der Waals surface area contributed by atoms with Crippen LogP contribution >= 0.6 is 27.4 Å². The van der Waals surface area contributed by atoms with Gasteiger partial charge < -0.3 is 0 Å². The Bertz CT molecular complexity index is 142. The predicted molar refractivity (Wildman–Crippen MR) is 58.1 cm³/mol. The summed E-state index contributed by atoms with van der Waals surface area (Å²) < 4.78 is 2.01. The molecular weight excluding hydrogens is 220 g/mol. The van der Waals surface area contributed by atoms with Gasteiger partial charge in [0, 0.05) is 13.1 Å². The maximum Gasteiger partial charge on any atom is 0.183 e. The van der Waals surface area contributed by atoms with Gasteiger partial charge in [-0.25, -0.2) is 0 Å². The third kappa shape index (κ3) is 5.43. The average Bonchev–Trinajstić information content (AvgIpc) is 1.85. The van der Waals surface area contributed by atoms with Crippen LogP contribution in [-0.2, 0) is 11.8 Å². The zero-order chi connectivity index (χ0) is 8.91. The van der Waals surface area contributed by atoms with Crippen molar-refractivity contribution in [1.82, 2.24) is 4.67 Å². The number of halogens is 2. The lowest BCUT2D eigenvalue weighted by Gasteiger charge is -2.24. The summed E-state index contributed by atoms with van der Waals surface area (Å²) in [4.78, 5) is -2.20. The summed E-state index contributed by atoms with van der Waals surface area (Å²) in [5.41, 5.74) is 0. The van der Waals surface area contributed by atoms with E-state index in [-0.39, 0.29) is 0 Å². The van der Waals surface area contributed by atoms with Gasteiger partial charge in [0.15, 0.2) is 4.89 Å². The van der Waals surface area contributed by atoms with Crippen molar-refractivity contribution in [2.45, 2.75) is 26.7 Å². The minimum absolute atomic E-state index is 0.915. The molecule has 0 heterocycles. The van der Waals surface area contributed by atoms with Crippen molar-refractivity contribution in [2.75, 3.05) is 13.1 Å². The van der Waals surface area contributed by atoms with Crippen molar-refractivity contribution < 1.29 is 0 Å². The molecule has 0 amide bonds. The standard InChI is InChI=1S/C6H14Cl2NPS/c1-3-5-9(6-4-2)10(7,8)11/h3-6H2,1-2H3. The maximum atomic E-state index is 5.87. The normalized spacial score (nSPS) is 12.5. The van der Waals surface area contributed by atoms with E-state index in [0.717, 1.165) is 25.9 Å². The Morgan fingerprint density at radius 1 is 1.18 bits per heavy atom. The van der Waals surface area contributed by atoms with Gasteiger partial charge in [0.25, 0.3) is 0 Å². The van der Waals surface area contributed by atoms with Crippen LogP contribution in [0.5, 0.6) is 0 Å². The molecule has 0 bridgehead atoms. The van der Waals surface area contributed by atoms with E-state index in [9.17, 15) is 0 Å². The van der Waals surface area contributed by atoms with Crippen LogP contribution in [0.2, 0.25) is 0 Å². The minimum Gasteiger partial charge on any atom is -0.252 e. The molecule has 68 valence electrons. The molecule has 0 radical (unpaired) electrons. The van der Waals surface area contributed by atoms with Crippen LogP contribution in [0.4, 0.5) is 0 Å². The molecule has 0 N–H and O–H groups in total. The lowest BCUT2D eigenvalue weighted by Crippen LogP contribution is -2.18. The van der Waals surface area contributed by atoms with E-state index in [2.05, 4.69) is 13.8 Å². The monoisotopic (exact) mass is 233 g/mol. The molecule has 0 atom stereocenters. The summed E-state index contributed by atoms with van der Waals surface area (Å²) in [5.74, 6) is 0. The highest BCUT2D eigenvalue weighted by Gasteiger charge is 2.17. The molecule has 0 aliphatic carbocycles. The molecule has 5 heteroatoms. The molecule has 0 rings (SSSR count). The number of rotatable bonds is 5. The highest BCUT2D eigenvalue weighted by atomic mass is 35.9. The van der Waals surface area contributed by atoms with Crippen molar-refractivity contribution in [3.05, 3.63) is 0 Å². The van der Waals surface area contributed by atoms with Gasteiger partial charge in [-0.1, -0.05) is 36.3 Å². The lowest BCUT2D eigenvalue weighted by molar-refractivity contribution is 0.461. The van der Waals surface area contributed by atoms with Crippen LogP contribution < -0.4 is 0 Å². The van der Waals surface area contributed by atoms with Gasteiger partial charge >= 0.3 is 0 Å². The fourth-order valence-corrected chi connectivity index (χ4v) is 3.12. The van der Waals surface area contributed by atoms with Crippen molar-refractivity contribution in [3.63, 3.8) is 0 Å². The molecule has 0 saturated heterocycles. The van der Waals surface area contributed by atoms with Gasteiger partial charge in [-0.05, 0) is 24.6 Å². The van der Waals surface area contributed by atoms with Gasteiger partial charge in [-0.15, -0.1) is 0 Å². The molecule has 0 saturated carbocycles. The molecule has 0 unspecified atom stereocenters. The zero-order valence-electron chi connectivity index (χ0n) is 6.89. The fourth-order valence-electron chi connectivity index (χ4n) is 0.861. The molecule has 11 heavy (non-hydrogen) atoms. The van der Waals surface area contributed by atoms with Crippen molar-refractivity contribution >= 4 is 39.2 Å². The lowest BCUT2D eigenvalue weighted by atomic mass is 10.4. The van der Waals surface area contributed by atoms with Crippen molar-refractivity contribution in [2.24, 2.45) is 0 Å². The third-order valence-electron chi connectivity index (χ3n) is 1.29. The summed E-state index contributed by atoms with van der Waals surface area (Å²) in [6.07, 6.45) is 2.11. The van der Waals surface area contributed by atoms with E-state index in [0.29, 0.717) is 0 Å². The highest BCUT2D eigenvalue weighted by molar-refractivity contribution is 8.37. The average molecular weight is 234 g/mol. The van der Waals surface area contributed by atoms with E-state index < -0.39 is 4.89 Å². The van der Waals surface area contributed by atoms with E-state index >= 15 is 0 Å². The van der Waals surface area contributed by atoms with Crippen molar-refractivity contribution in [1.29, 1.82) is 0 Å². The van der Waals surface area contributed by atoms with Crippen LogP contribution in [0.3, 0.4) is 0 Å². The Balaban J connectivity index is 3.99. The second-order valence-corrected chi connectivity index (χ2v) is 10.1. The number of hydrogen-bond donors (Lipinski definition) is 0. The number of hydrogen-bond acceptors (Lipinski definition) is 1. The smallest absolute Gasteiger partial charge is 0.183 e. The molecule has 0 aromatic rings. The molecule has 0 fully saturated rings. The molecular formula is C6H14Cl2NPS. The quantitative estimate of drug-likeness (QED) is 0.665. The molecule has 0 aromatic heterocycles. The molecule has 1 nitrogen and oxygen atoms in total. The first-order valence-electron chi connectivity index (χ1n) is 3.77. The molecule has 0 aliphatic heterocycles. The Labute approximate surface area is 83.7 Å². The Kier molecular flexibility index (Phi) is 6.39. The second-order valence-electron chi connectivity index (χ2n) is 2.39. The van der Waals surface area contributed by atoms with Crippen LogP contribution in [0, 0.1) is 0 Å². The second kappa shape index (κ2) is 5.77. The first-order chi connectivity index (χ1) is 5.02. The van der Waals surface area contributed by atoms with Crippen molar-refractivity contribution in [3.8, 4) is 0 Å². The summed E-state index contributed by atoms with van der Waals surface area (Å²) in [6, 6.07) is 0. The molecule has 0 spiro atoms. The van der Waals surface area contributed by atoms with Crippen LogP contribution in [0.1, 0.15) is 26.7 Å². The van der Waals surface area contributed by atoms with Crippen LogP contribution in [-0.4, -0.2) is 17.8 Å². The third-order valence-corrected chi connectivity index (χ3v) is 4.33. The zero-order valence-corrected chi connectivity index (χ0v) is 10.1. The molecule has 0 aromatic carbocycles. The Morgan fingerprint density at radius 3 is 1.73 bits per heavy atom. The Hall–Kier alpha value is 1.19. The Morgan fingerprint density at radius 2 is 1.55 bits per heavy atom.